The molecule has 4 heteroatoms. The van der Waals surface area contributed by atoms with Gasteiger partial charge in [-0.1, -0.05) is 24.3 Å². The number of hydrogen-bond acceptors (Lipinski definition) is 3. The summed E-state index contributed by atoms with van der Waals surface area (Å²) in [5.41, 5.74) is 9.01. The molecule has 2 aromatic carbocycles. The van der Waals surface area contributed by atoms with Crippen molar-refractivity contribution in [3.63, 3.8) is 0 Å². The van der Waals surface area contributed by atoms with Crippen molar-refractivity contribution in [1.29, 1.82) is 0 Å². The second-order valence-corrected chi connectivity index (χ2v) is 5.29. The van der Waals surface area contributed by atoms with E-state index in [0.29, 0.717) is 0 Å². The number of nitrogens with zero attached hydrogens (tertiary/aromatic N) is 1. The van der Waals surface area contributed by atoms with Crippen LogP contribution in [0.25, 0.3) is 0 Å². The number of anilines is 1. The second-order valence-electron chi connectivity index (χ2n) is 5.29. The van der Waals surface area contributed by atoms with Gasteiger partial charge in [0, 0.05) is 5.69 Å². The standard InChI is InChI=1S/C17H18N2O2/c1-11-5-3-7-13(9-11)19-16(15(18)17(19)20)12-6-4-8-14(10-12)21-2/h3-10,15-16H,18H2,1-2H3/t15-,16+/m0/s1. The molecule has 1 saturated heterocycles. The minimum Gasteiger partial charge on any atom is -0.497 e. The normalized spacial score (nSPS) is 21.1. The van der Waals surface area contributed by atoms with Gasteiger partial charge in [-0.2, -0.15) is 0 Å². The summed E-state index contributed by atoms with van der Waals surface area (Å²) in [5.74, 6) is 0.719. The van der Waals surface area contributed by atoms with Crippen molar-refractivity contribution in [3.8, 4) is 5.75 Å². The maximum Gasteiger partial charge on any atom is 0.247 e. The Morgan fingerprint density at radius 2 is 1.90 bits per heavy atom. The van der Waals surface area contributed by atoms with Gasteiger partial charge in [-0.05, 0) is 42.3 Å². The van der Waals surface area contributed by atoms with E-state index >= 15 is 0 Å². The summed E-state index contributed by atoms with van der Waals surface area (Å²) >= 11 is 0. The number of hydrogen-bond donors (Lipinski definition) is 1. The quantitative estimate of drug-likeness (QED) is 0.880. The third kappa shape index (κ3) is 2.28. The highest BCUT2D eigenvalue weighted by Crippen LogP contribution is 2.39. The number of β-lactam (4-membered cyclic amide) rings is 1. The van der Waals surface area contributed by atoms with Gasteiger partial charge in [0.15, 0.2) is 0 Å². The molecule has 2 atom stereocenters. The van der Waals surface area contributed by atoms with E-state index in [1.807, 2.05) is 55.5 Å². The number of amides is 1. The fraction of sp³-hybridized carbons (Fsp3) is 0.235. The van der Waals surface area contributed by atoms with Gasteiger partial charge in [-0.15, -0.1) is 0 Å². The van der Waals surface area contributed by atoms with Crippen LogP contribution in [0.2, 0.25) is 0 Å². The van der Waals surface area contributed by atoms with E-state index < -0.39 is 6.04 Å². The van der Waals surface area contributed by atoms with Gasteiger partial charge in [-0.25, -0.2) is 0 Å². The number of ether oxygens (including phenoxy) is 1. The molecule has 1 amide bonds. The van der Waals surface area contributed by atoms with Crippen molar-refractivity contribution in [2.75, 3.05) is 12.0 Å². The molecule has 21 heavy (non-hydrogen) atoms. The van der Waals surface area contributed by atoms with E-state index in [2.05, 4.69) is 0 Å². The minimum absolute atomic E-state index is 0.0478. The third-order valence-corrected chi connectivity index (χ3v) is 3.86. The van der Waals surface area contributed by atoms with Gasteiger partial charge in [0.1, 0.15) is 11.8 Å². The van der Waals surface area contributed by atoms with Gasteiger partial charge in [-0.3, -0.25) is 4.79 Å². The maximum atomic E-state index is 12.2. The summed E-state index contributed by atoms with van der Waals surface area (Å²) in [6, 6.07) is 14.9. The van der Waals surface area contributed by atoms with Crippen molar-refractivity contribution in [2.24, 2.45) is 5.73 Å². The average Bonchev–Trinajstić information content (AvgIpc) is 2.51. The number of carbonyl (C=O) groups is 1. The molecule has 3 rings (SSSR count). The number of aryl methyl sites for hydroxylation is 1. The summed E-state index contributed by atoms with van der Waals surface area (Å²) in [5, 5.41) is 0. The van der Waals surface area contributed by atoms with Crippen LogP contribution in [0.15, 0.2) is 48.5 Å². The molecule has 0 aromatic heterocycles. The summed E-state index contributed by atoms with van der Waals surface area (Å²) < 4.78 is 5.25. The molecule has 2 N–H and O–H groups in total. The highest BCUT2D eigenvalue weighted by atomic mass is 16.5. The zero-order valence-corrected chi connectivity index (χ0v) is 12.1. The Bertz CT molecular complexity index is 684. The summed E-state index contributed by atoms with van der Waals surface area (Å²) in [7, 11) is 1.63. The number of methoxy groups -OCH3 is 1. The lowest BCUT2D eigenvalue weighted by atomic mass is 9.88. The molecule has 108 valence electrons. The van der Waals surface area contributed by atoms with Crippen molar-refractivity contribution >= 4 is 11.6 Å². The summed E-state index contributed by atoms with van der Waals surface area (Å²) in [6.07, 6.45) is 0. The molecule has 1 aliphatic heterocycles. The molecule has 1 heterocycles. The van der Waals surface area contributed by atoms with E-state index in [1.165, 1.54) is 0 Å². The van der Waals surface area contributed by atoms with Crippen LogP contribution in [0, 0.1) is 6.92 Å². The van der Waals surface area contributed by atoms with Crippen LogP contribution in [0.4, 0.5) is 5.69 Å². The molecule has 0 bridgehead atoms. The van der Waals surface area contributed by atoms with Crippen LogP contribution in [-0.4, -0.2) is 19.1 Å². The molecule has 0 radical (unpaired) electrons. The summed E-state index contributed by atoms with van der Waals surface area (Å²) in [4.78, 5) is 13.9. The van der Waals surface area contributed by atoms with Crippen molar-refractivity contribution in [3.05, 3.63) is 59.7 Å². The first kappa shape index (κ1) is 13.6. The Hall–Kier alpha value is -2.33. The van der Waals surface area contributed by atoms with Gasteiger partial charge < -0.3 is 15.4 Å². The first-order valence-corrected chi connectivity index (χ1v) is 6.91. The van der Waals surface area contributed by atoms with Crippen molar-refractivity contribution < 1.29 is 9.53 Å². The molecule has 2 aromatic rings. The van der Waals surface area contributed by atoms with Gasteiger partial charge >= 0.3 is 0 Å². The third-order valence-electron chi connectivity index (χ3n) is 3.86. The number of benzene rings is 2. The smallest absolute Gasteiger partial charge is 0.247 e. The van der Waals surface area contributed by atoms with E-state index in [1.54, 1.807) is 12.0 Å². The van der Waals surface area contributed by atoms with E-state index in [4.69, 9.17) is 10.5 Å². The number of nitrogens with two attached hydrogens (primary N) is 1. The highest BCUT2D eigenvalue weighted by Gasteiger charge is 2.46. The molecule has 1 aliphatic rings. The molecule has 1 fully saturated rings. The largest absolute Gasteiger partial charge is 0.497 e. The zero-order chi connectivity index (χ0) is 15.0. The average molecular weight is 282 g/mol. The molecule has 4 nitrogen and oxygen atoms in total. The first-order valence-electron chi connectivity index (χ1n) is 6.91. The van der Waals surface area contributed by atoms with Crippen molar-refractivity contribution in [2.45, 2.75) is 19.0 Å². The van der Waals surface area contributed by atoms with Gasteiger partial charge in [0.25, 0.3) is 0 Å². The van der Waals surface area contributed by atoms with Crippen molar-refractivity contribution in [1.82, 2.24) is 0 Å². The number of carbonyl (C=O) groups excluding carboxylic acids is 1. The Morgan fingerprint density at radius 1 is 1.14 bits per heavy atom. The molecular formula is C17H18N2O2. The Balaban J connectivity index is 1.98. The Kier molecular flexibility index (Phi) is 3.39. The highest BCUT2D eigenvalue weighted by molar-refractivity contribution is 6.05. The van der Waals surface area contributed by atoms with Crippen LogP contribution >= 0.6 is 0 Å². The number of rotatable bonds is 3. The molecular weight excluding hydrogens is 264 g/mol. The van der Waals surface area contributed by atoms with E-state index in [-0.39, 0.29) is 11.9 Å². The molecule has 0 aliphatic carbocycles. The van der Waals surface area contributed by atoms with Crippen LogP contribution in [0.3, 0.4) is 0 Å². The lowest BCUT2D eigenvalue weighted by molar-refractivity contribution is -0.126. The molecule has 0 saturated carbocycles. The Labute approximate surface area is 124 Å². The van der Waals surface area contributed by atoms with Gasteiger partial charge in [0.05, 0.1) is 13.2 Å². The minimum atomic E-state index is -0.502. The zero-order valence-electron chi connectivity index (χ0n) is 12.1. The Morgan fingerprint density at radius 3 is 2.62 bits per heavy atom. The second kappa shape index (κ2) is 5.22. The first-order chi connectivity index (χ1) is 10.1. The van der Waals surface area contributed by atoms with Crippen LogP contribution in [0.1, 0.15) is 17.2 Å². The lowest BCUT2D eigenvalue weighted by Crippen LogP contribution is -2.63. The maximum absolute atomic E-state index is 12.2. The van der Waals surface area contributed by atoms with Gasteiger partial charge in [0.2, 0.25) is 5.91 Å². The fourth-order valence-electron chi connectivity index (χ4n) is 2.76. The molecule has 0 spiro atoms. The fourth-order valence-corrected chi connectivity index (χ4v) is 2.76. The monoisotopic (exact) mass is 282 g/mol. The van der Waals surface area contributed by atoms with Crippen LogP contribution < -0.4 is 15.4 Å². The lowest BCUT2D eigenvalue weighted by Gasteiger charge is -2.45. The summed E-state index contributed by atoms with van der Waals surface area (Å²) in [6.45, 7) is 2.01. The predicted molar refractivity (Wildman–Crippen MR) is 82.4 cm³/mol. The van der Waals surface area contributed by atoms with E-state index in [0.717, 1.165) is 22.6 Å². The van der Waals surface area contributed by atoms with E-state index in [9.17, 15) is 4.79 Å². The topological polar surface area (TPSA) is 55.6 Å². The van der Waals surface area contributed by atoms with Crippen LogP contribution in [-0.2, 0) is 4.79 Å². The van der Waals surface area contributed by atoms with Crippen LogP contribution in [0.5, 0.6) is 5.75 Å². The predicted octanol–water partition coefficient (Wildman–Crippen LogP) is 2.42. The SMILES string of the molecule is COc1cccc([C@@H]2[C@H](N)C(=O)N2c2cccc(C)c2)c1. The molecule has 0 unspecified atom stereocenters.